The van der Waals surface area contributed by atoms with Crippen LogP contribution in [-0.4, -0.2) is 21.8 Å². The first kappa shape index (κ1) is 7.53. The molecule has 0 saturated heterocycles. The molecule has 0 unspecified atom stereocenters. The molecule has 1 nitrogen and oxygen atoms in total. The molecule has 0 saturated carbocycles. The zero-order valence-electron chi connectivity index (χ0n) is 4.56. The summed E-state index contributed by atoms with van der Waals surface area (Å²) in [6, 6.07) is 0. The van der Waals surface area contributed by atoms with Crippen molar-refractivity contribution in [2.24, 2.45) is 0 Å². The minimum atomic E-state index is -0.139. The van der Waals surface area contributed by atoms with Crippen molar-refractivity contribution in [1.29, 1.82) is 0 Å². The smallest absolute Gasteiger partial charge is 0.247 e. The van der Waals surface area contributed by atoms with Crippen LogP contribution in [0.2, 0.25) is 0 Å². The lowest BCUT2D eigenvalue weighted by atomic mass is 10.2. The van der Waals surface area contributed by atoms with E-state index in [1.165, 1.54) is 0 Å². The van der Waals surface area contributed by atoms with Crippen LogP contribution in [0.25, 0.3) is 0 Å². The lowest BCUT2D eigenvalue weighted by Crippen LogP contribution is -2.24. The van der Waals surface area contributed by atoms with E-state index in [9.17, 15) is 0 Å². The molecule has 41 valence electrons. The third kappa shape index (κ3) is 3.14. The fraction of sp³-hybridized carbons (Fsp3) is 1.00. The van der Waals surface area contributed by atoms with Crippen molar-refractivity contribution in [3.8, 4) is 0 Å². The van der Waals surface area contributed by atoms with Gasteiger partial charge in [-0.2, -0.15) is 12.6 Å². The Morgan fingerprint density at radius 1 is 1.71 bits per heavy atom. The van der Waals surface area contributed by atoms with Gasteiger partial charge in [0.05, 0.1) is 5.60 Å². The summed E-state index contributed by atoms with van der Waals surface area (Å²) in [5, 5.41) is 0. The summed E-state index contributed by atoms with van der Waals surface area (Å²) in [5.74, 6) is 0.719. The van der Waals surface area contributed by atoms with Gasteiger partial charge in [0.15, 0.2) is 0 Å². The maximum atomic E-state index is 4.82. The minimum Gasteiger partial charge on any atom is -0.413 e. The highest BCUT2D eigenvalue weighted by Gasteiger charge is 2.11. The molecule has 0 aromatic carbocycles. The van der Waals surface area contributed by atoms with E-state index in [-0.39, 0.29) is 5.60 Å². The molecule has 0 aliphatic heterocycles. The summed E-state index contributed by atoms with van der Waals surface area (Å²) in [5.41, 5.74) is -0.139. The van der Waals surface area contributed by atoms with Crippen LogP contribution in [-0.2, 0) is 4.43 Å². The van der Waals surface area contributed by atoms with Gasteiger partial charge < -0.3 is 4.43 Å². The standard InChI is InChI=1S/C4H9OSSi/c1-4(2,3-6)5-7/h6H,3H2,1-2H3. The van der Waals surface area contributed by atoms with Gasteiger partial charge in [-0.3, -0.25) is 0 Å². The predicted octanol–water partition coefficient (Wildman–Crippen LogP) is 0.795. The fourth-order valence-corrected chi connectivity index (χ4v) is 0.290. The largest absolute Gasteiger partial charge is 0.413 e. The Bertz CT molecular complexity index is 49.7. The normalized spacial score (nSPS) is 12.0. The molecule has 0 N–H and O–H groups in total. The average molecular weight is 133 g/mol. The van der Waals surface area contributed by atoms with Crippen LogP contribution in [0.4, 0.5) is 0 Å². The summed E-state index contributed by atoms with van der Waals surface area (Å²) in [6.45, 7) is 3.90. The van der Waals surface area contributed by atoms with E-state index in [2.05, 4.69) is 23.1 Å². The maximum Gasteiger partial charge on any atom is 0.247 e. The Labute approximate surface area is 53.4 Å². The van der Waals surface area contributed by atoms with E-state index < -0.39 is 0 Å². The van der Waals surface area contributed by atoms with E-state index in [0.29, 0.717) is 0 Å². The average Bonchev–Trinajstić information content (AvgIpc) is 1.68. The summed E-state index contributed by atoms with van der Waals surface area (Å²) in [6.07, 6.45) is 0. The highest BCUT2D eigenvalue weighted by Crippen LogP contribution is 2.06. The molecule has 0 amide bonds. The summed E-state index contributed by atoms with van der Waals surface area (Å²) >= 11 is 4.03. The van der Waals surface area contributed by atoms with Crippen LogP contribution in [0.3, 0.4) is 0 Å². The second-order valence-corrected chi connectivity index (χ2v) is 2.54. The molecular formula is C4H9OSSi. The highest BCUT2D eigenvalue weighted by atomic mass is 32.1. The van der Waals surface area contributed by atoms with Gasteiger partial charge in [0.2, 0.25) is 10.5 Å². The van der Waals surface area contributed by atoms with Crippen molar-refractivity contribution in [3.05, 3.63) is 0 Å². The third-order valence-electron chi connectivity index (χ3n) is 0.657. The molecule has 0 atom stereocenters. The molecule has 0 aliphatic rings. The minimum absolute atomic E-state index is 0.139. The number of thiol groups is 1. The molecule has 0 spiro atoms. The van der Waals surface area contributed by atoms with Crippen LogP contribution in [0.5, 0.6) is 0 Å². The van der Waals surface area contributed by atoms with Gasteiger partial charge in [0.25, 0.3) is 0 Å². The van der Waals surface area contributed by atoms with Gasteiger partial charge in [0.1, 0.15) is 0 Å². The van der Waals surface area contributed by atoms with Crippen molar-refractivity contribution in [3.63, 3.8) is 0 Å². The van der Waals surface area contributed by atoms with Gasteiger partial charge >= 0.3 is 0 Å². The first-order valence-electron chi connectivity index (χ1n) is 2.08. The van der Waals surface area contributed by atoms with Crippen molar-refractivity contribution in [1.82, 2.24) is 0 Å². The molecule has 0 aromatic rings. The molecule has 7 heavy (non-hydrogen) atoms. The summed E-state index contributed by atoms with van der Waals surface area (Å²) < 4.78 is 4.82. The van der Waals surface area contributed by atoms with Crippen LogP contribution >= 0.6 is 12.6 Å². The van der Waals surface area contributed by atoms with Gasteiger partial charge in [-0.05, 0) is 13.8 Å². The van der Waals surface area contributed by atoms with E-state index in [0.717, 1.165) is 5.75 Å². The number of rotatable bonds is 2. The zero-order valence-corrected chi connectivity index (χ0v) is 6.46. The Kier molecular flexibility index (Phi) is 2.95. The predicted molar refractivity (Wildman–Crippen MR) is 34.8 cm³/mol. The maximum absolute atomic E-state index is 4.82. The van der Waals surface area contributed by atoms with Crippen LogP contribution < -0.4 is 0 Å². The van der Waals surface area contributed by atoms with Crippen LogP contribution in [0.1, 0.15) is 13.8 Å². The molecule has 0 rings (SSSR count). The Hall–Kier alpha value is 0.527. The van der Waals surface area contributed by atoms with Gasteiger partial charge in [-0.1, -0.05) is 0 Å². The summed E-state index contributed by atoms with van der Waals surface area (Å²) in [7, 11) is 2.93. The van der Waals surface area contributed by atoms with Crippen molar-refractivity contribution < 1.29 is 4.43 Å². The van der Waals surface area contributed by atoms with Crippen molar-refractivity contribution >= 4 is 23.1 Å². The van der Waals surface area contributed by atoms with E-state index in [1.54, 1.807) is 0 Å². The first-order chi connectivity index (χ1) is 3.12. The zero-order chi connectivity index (χ0) is 5.91. The molecule has 3 radical (unpaired) electrons. The first-order valence-corrected chi connectivity index (χ1v) is 3.12. The highest BCUT2D eigenvalue weighted by molar-refractivity contribution is 7.80. The number of hydrogen-bond acceptors (Lipinski definition) is 2. The lowest BCUT2D eigenvalue weighted by molar-refractivity contribution is 0.152. The van der Waals surface area contributed by atoms with E-state index in [4.69, 9.17) is 4.43 Å². The van der Waals surface area contributed by atoms with Crippen molar-refractivity contribution in [2.75, 3.05) is 5.75 Å². The van der Waals surface area contributed by atoms with E-state index in [1.807, 2.05) is 13.8 Å². The Morgan fingerprint density at radius 3 is 2.14 bits per heavy atom. The van der Waals surface area contributed by atoms with Crippen LogP contribution in [0.15, 0.2) is 0 Å². The molecule has 0 aliphatic carbocycles. The molecular weight excluding hydrogens is 124 g/mol. The monoisotopic (exact) mass is 133 g/mol. The third-order valence-corrected chi connectivity index (χ3v) is 1.97. The lowest BCUT2D eigenvalue weighted by Gasteiger charge is -2.19. The van der Waals surface area contributed by atoms with Crippen LogP contribution in [0, 0.1) is 0 Å². The van der Waals surface area contributed by atoms with Gasteiger partial charge in [0, 0.05) is 5.75 Å². The quantitative estimate of drug-likeness (QED) is 0.433. The second-order valence-electron chi connectivity index (χ2n) is 2.02. The molecule has 0 fully saturated rings. The Balaban J connectivity index is 3.36. The Morgan fingerprint density at radius 2 is 2.14 bits per heavy atom. The second kappa shape index (κ2) is 2.74. The summed E-state index contributed by atoms with van der Waals surface area (Å²) in [4.78, 5) is 0. The molecule has 3 heteroatoms. The van der Waals surface area contributed by atoms with Gasteiger partial charge in [-0.15, -0.1) is 0 Å². The molecule has 0 aromatic heterocycles. The fourth-order valence-electron chi connectivity index (χ4n) is 0.0323. The topological polar surface area (TPSA) is 9.23 Å². The SMILES string of the molecule is CC(C)(CS)O[Si]. The van der Waals surface area contributed by atoms with Crippen molar-refractivity contribution in [2.45, 2.75) is 19.4 Å². The van der Waals surface area contributed by atoms with E-state index >= 15 is 0 Å². The molecule has 0 heterocycles. The number of hydrogen-bond donors (Lipinski definition) is 1. The van der Waals surface area contributed by atoms with Gasteiger partial charge in [-0.25, -0.2) is 0 Å². The molecule has 0 bridgehead atoms.